The molecular weight excluding hydrogens is 402 g/mol. The Morgan fingerprint density at radius 2 is 1.82 bits per heavy atom. The number of anilines is 1. The first-order valence-corrected chi connectivity index (χ1v) is 9.45. The zero-order valence-electron chi connectivity index (χ0n) is 14.4. The average Bonchev–Trinajstić information content (AvgIpc) is 3.06. The van der Waals surface area contributed by atoms with Gasteiger partial charge < -0.3 is 4.74 Å². The van der Waals surface area contributed by atoms with Gasteiger partial charge in [0.2, 0.25) is 10.0 Å². The molecule has 1 heterocycles. The Bertz CT molecular complexity index is 1020. The highest BCUT2D eigenvalue weighted by Gasteiger charge is 2.44. The second-order valence-electron chi connectivity index (χ2n) is 6.03. The van der Waals surface area contributed by atoms with Crippen molar-refractivity contribution in [2.45, 2.75) is 23.5 Å². The van der Waals surface area contributed by atoms with Crippen LogP contribution in [0.4, 0.5) is 23.2 Å². The predicted octanol–water partition coefficient (Wildman–Crippen LogP) is 3.35. The molecule has 1 atom stereocenters. The lowest BCUT2D eigenvalue weighted by Gasteiger charge is -2.25. The summed E-state index contributed by atoms with van der Waals surface area (Å²) >= 11 is 0. The Balaban J connectivity index is 2.07. The van der Waals surface area contributed by atoms with Crippen LogP contribution in [0.15, 0.2) is 52.5 Å². The van der Waals surface area contributed by atoms with E-state index in [0.717, 1.165) is 17.1 Å². The SMILES string of the molecule is COc1cc(F)ccc1C1CC(C(F)(F)F)=NN1c1ccc(S(N)(=O)=O)cc1. The van der Waals surface area contributed by atoms with Crippen molar-refractivity contribution in [2.24, 2.45) is 10.2 Å². The van der Waals surface area contributed by atoms with Crippen molar-refractivity contribution >= 4 is 21.4 Å². The lowest BCUT2D eigenvalue weighted by atomic mass is 10.00. The highest BCUT2D eigenvalue weighted by Crippen LogP contribution is 2.42. The molecule has 1 unspecified atom stereocenters. The molecular formula is C17H15F4N3O3S. The van der Waals surface area contributed by atoms with E-state index in [9.17, 15) is 26.0 Å². The molecule has 0 saturated heterocycles. The fourth-order valence-electron chi connectivity index (χ4n) is 2.91. The number of hydrazone groups is 1. The molecule has 2 aromatic rings. The number of methoxy groups -OCH3 is 1. The summed E-state index contributed by atoms with van der Waals surface area (Å²) in [5.74, 6) is -0.519. The molecule has 0 radical (unpaired) electrons. The first-order chi connectivity index (χ1) is 13.0. The second-order valence-corrected chi connectivity index (χ2v) is 7.60. The van der Waals surface area contributed by atoms with Crippen LogP contribution in [-0.4, -0.2) is 27.4 Å². The summed E-state index contributed by atoms with van der Waals surface area (Å²) in [6.45, 7) is 0. The number of hydrogen-bond donors (Lipinski definition) is 1. The summed E-state index contributed by atoms with van der Waals surface area (Å²) in [5, 5.41) is 9.81. The van der Waals surface area contributed by atoms with E-state index in [0.29, 0.717) is 5.56 Å². The summed E-state index contributed by atoms with van der Waals surface area (Å²) in [6.07, 6.45) is -5.14. The summed E-state index contributed by atoms with van der Waals surface area (Å²) in [4.78, 5) is -0.189. The Labute approximate surface area is 158 Å². The quantitative estimate of drug-likeness (QED) is 0.774. The normalized spacial score (nSPS) is 17.6. The van der Waals surface area contributed by atoms with E-state index in [1.54, 1.807) is 0 Å². The lowest BCUT2D eigenvalue weighted by molar-refractivity contribution is -0.0600. The Hall–Kier alpha value is -2.66. The zero-order chi connectivity index (χ0) is 20.7. The van der Waals surface area contributed by atoms with Gasteiger partial charge >= 0.3 is 6.18 Å². The first kappa shape index (κ1) is 20.1. The molecule has 11 heteroatoms. The van der Waals surface area contributed by atoms with Crippen LogP contribution in [0.3, 0.4) is 0 Å². The van der Waals surface area contributed by atoms with Crippen molar-refractivity contribution in [3.8, 4) is 5.75 Å². The lowest BCUT2D eigenvalue weighted by Crippen LogP contribution is -2.21. The van der Waals surface area contributed by atoms with Crippen LogP contribution in [0.1, 0.15) is 18.0 Å². The van der Waals surface area contributed by atoms with Crippen molar-refractivity contribution in [3.63, 3.8) is 0 Å². The maximum Gasteiger partial charge on any atom is 0.431 e. The number of ether oxygens (including phenoxy) is 1. The van der Waals surface area contributed by atoms with Crippen LogP contribution in [0.2, 0.25) is 0 Å². The van der Waals surface area contributed by atoms with Gasteiger partial charge in [-0.05, 0) is 30.3 Å². The molecule has 0 saturated carbocycles. The van der Waals surface area contributed by atoms with E-state index in [-0.39, 0.29) is 16.3 Å². The molecule has 2 N–H and O–H groups in total. The van der Waals surface area contributed by atoms with Gasteiger partial charge in [0.25, 0.3) is 0 Å². The zero-order valence-corrected chi connectivity index (χ0v) is 15.3. The summed E-state index contributed by atoms with van der Waals surface area (Å²) in [6, 6.07) is 7.54. The minimum Gasteiger partial charge on any atom is -0.496 e. The maximum absolute atomic E-state index is 13.5. The van der Waals surface area contributed by atoms with Gasteiger partial charge in [0, 0.05) is 18.1 Å². The Morgan fingerprint density at radius 3 is 2.36 bits per heavy atom. The van der Waals surface area contributed by atoms with E-state index < -0.39 is 40.2 Å². The fourth-order valence-corrected chi connectivity index (χ4v) is 3.43. The van der Waals surface area contributed by atoms with Gasteiger partial charge in [0.05, 0.1) is 23.7 Å². The highest BCUT2D eigenvalue weighted by atomic mass is 32.2. The molecule has 3 rings (SSSR count). The number of hydrogen-bond acceptors (Lipinski definition) is 5. The molecule has 6 nitrogen and oxygen atoms in total. The molecule has 0 amide bonds. The minimum absolute atomic E-state index is 0.0785. The van der Waals surface area contributed by atoms with Crippen LogP contribution in [0.5, 0.6) is 5.75 Å². The van der Waals surface area contributed by atoms with E-state index in [1.807, 2.05) is 0 Å². The number of alkyl halides is 3. The molecule has 0 bridgehead atoms. The molecule has 0 spiro atoms. The van der Waals surface area contributed by atoms with Crippen LogP contribution in [0.25, 0.3) is 0 Å². The topological polar surface area (TPSA) is 85.0 Å². The van der Waals surface area contributed by atoms with Crippen molar-refractivity contribution in [1.29, 1.82) is 0 Å². The highest BCUT2D eigenvalue weighted by molar-refractivity contribution is 7.89. The third-order valence-electron chi connectivity index (χ3n) is 4.22. The summed E-state index contributed by atoms with van der Waals surface area (Å²) in [7, 11) is -2.67. The van der Waals surface area contributed by atoms with Crippen LogP contribution in [0, 0.1) is 5.82 Å². The van der Waals surface area contributed by atoms with Gasteiger partial charge in [-0.1, -0.05) is 6.07 Å². The van der Waals surface area contributed by atoms with E-state index in [2.05, 4.69) is 5.10 Å². The summed E-state index contributed by atoms with van der Waals surface area (Å²) < 4.78 is 81.2. The maximum atomic E-state index is 13.5. The first-order valence-electron chi connectivity index (χ1n) is 7.91. The van der Waals surface area contributed by atoms with Gasteiger partial charge in [-0.15, -0.1) is 0 Å². The molecule has 0 aromatic heterocycles. The summed E-state index contributed by atoms with van der Waals surface area (Å²) in [5.41, 5.74) is -0.496. The van der Waals surface area contributed by atoms with Crippen molar-refractivity contribution in [1.82, 2.24) is 0 Å². The Kier molecular flexibility index (Phi) is 5.06. The number of nitrogens with zero attached hydrogens (tertiary/aromatic N) is 2. The van der Waals surface area contributed by atoms with Gasteiger partial charge in [-0.3, -0.25) is 5.01 Å². The average molecular weight is 417 g/mol. The minimum atomic E-state index is -4.65. The largest absolute Gasteiger partial charge is 0.496 e. The molecule has 28 heavy (non-hydrogen) atoms. The van der Waals surface area contributed by atoms with Crippen LogP contribution < -0.4 is 14.9 Å². The number of sulfonamides is 1. The molecule has 0 fully saturated rings. The molecule has 1 aliphatic rings. The van der Waals surface area contributed by atoms with Gasteiger partial charge in [0.1, 0.15) is 17.3 Å². The van der Waals surface area contributed by atoms with E-state index in [4.69, 9.17) is 9.88 Å². The van der Waals surface area contributed by atoms with Gasteiger partial charge in [-0.25, -0.2) is 17.9 Å². The number of rotatable bonds is 4. The second kappa shape index (κ2) is 7.06. The standard InChI is InChI=1S/C17H15F4N3O3S/c1-27-15-8-10(18)2-7-13(15)14-9-16(17(19,20)21)23-24(14)11-3-5-12(6-4-11)28(22,25)26/h2-8,14H,9H2,1H3,(H2,22,25,26). The van der Waals surface area contributed by atoms with Crippen LogP contribution in [-0.2, 0) is 10.0 Å². The number of halogens is 4. The number of primary sulfonamides is 1. The van der Waals surface area contributed by atoms with Crippen LogP contribution >= 0.6 is 0 Å². The van der Waals surface area contributed by atoms with Crippen molar-refractivity contribution in [3.05, 3.63) is 53.8 Å². The molecule has 1 aliphatic heterocycles. The molecule has 0 aliphatic carbocycles. The number of benzene rings is 2. The molecule has 150 valence electrons. The fraction of sp³-hybridized carbons (Fsp3) is 0.235. The smallest absolute Gasteiger partial charge is 0.431 e. The monoisotopic (exact) mass is 417 g/mol. The Morgan fingerprint density at radius 1 is 1.18 bits per heavy atom. The third kappa shape index (κ3) is 3.94. The molecule has 2 aromatic carbocycles. The van der Waals surface area contributed by atoms with Gasteiger partial charge in [0.15, 0.2) is 0 Å². The van der Waals surface area contributed by atoms with E-state index in [1.165, 1.54) is 37.4 Å². The van der Waals surface area contributed by atoms with Crippen molar-refractivity contribution in [2.75, 3.05) is 12.1 Å². The number of nitrogens with two attached hydrogens (primary N) is 1. The van der Waals surface area contributed by atoms with Crippen molar-refractivity contribution < 1.29 is 30.7 Å². The third-order valence-corrected chi connectivity index (χ3v) is 5.15. The van der Waals surface area contributed by atoms with Gasteiger partial charge in [-0.2, -0.15) is 18.3 Å². The van der Waals surface area contributed by atoms with E-state index >= 15 is 0 Å². The predicted molar refractivity (Wildman–Crippen MR) is 94.1 cm³/mol.